The predicted molar refractivity (Wildman–Crippen MR) is 127 cm³/mol. The van der Waals surface area contributed by atoms with Gasteiger partial charge in [0.1, 0.15) is 11.5 Å². The van der Waals surface area contributed by atoms with Crippen LogP contribution in [0.3, 0.4) is 0 Å². The van der Waals surface area contributed by atoms with E-state index in [1.165, 1.54) is 19.2 Å². The van der Waals surface area contributed by atoms with Crippen molar-refractivity contribution in [1.29, 1.82) is 0 Å². The van der Waals surface area contributed by atoms with Crippen molar-refractivity contribution in [1.82, 2.24) is 9.47 Å². The van der Waals surface area contributed by atoms with Gasteiger partial charge in [0.25, 0.3) is 11.6 Å². The number of amides is 2. The van der Waals surface area contributed by atoms with Gasteiger partial charge in [-0.05, 0) is 31.7 Å². The van der Waals surface area contributed by atoms with Crippen molar-refractivity contribution in [2.45, 2.75) is 45.2 Å². The molecule has 1 aliphatic heterocycles. The SMILES string of the molecule is CCC1CCCCN1C(=O)CS(=O)(=O)CC(=O)N=c1sc2cc([N+](=O)[O-])ccc2n1CCOC. The third-order valence-corrected chi connectivity index (χ3v) is 8.14. The zero-order valence-corrected chi connectivity index (χ0v) is 20.8. The zero-order valence-electron chi connectivity index (χ0n) is 19.1. The lowest BCUT2D eigenvalue weighted by Gasteiger charge is -2.35. The summed E-state index contributed by atoms with van der Waals surface area (Å²) in [5.41, 5.74) is 0.516. The highest BCUT2D eigenvalue weighted by Gasteiger charge is 2.29. The molecule has 0 aliphatic carbocycles. The molecule has 1 fully saturated rings. The van der Waals surface area contributed by atoms with Crippen LogP contribution in [-0.4, -0.2) is 72.4 Å². The molecule has 1 unspecified atom stereocenters. The minimum Gasteiger partial charge on any atom is -0.383 e. The van der Waals surface area contributed by atoms with E-state index in [1.54, 1.807) is 15.5 Å². The van der Waals surface area contributed by atoms with Crippen LogP contribution in [0.5, 0.6) is 0 Å². The van der Waals surface area contributed by atoms with Crippen LogP contribution in [-0.2, 0) is 30.7 Å². The number of ether oxygens (including phenoxy) is 1. The first-order valence-corrected chi connectivity index (χ1v) is 13.6. The Hall–Kier alpha value is -2.64. The summed E-state index contributed by atoms with van der Waals surface area (Å²) in [6.45, 7) is 3.11. The predicted octanol–water partition coefficient (Wildman–Crippen LogP) is 1.89. The summed E-state index contributed by atoms with van der Waals surface area (Å²) < 4.78 is 32.5. The topological polar surface area (TPSA) is 141 Å². The summed E-state index contributed by atoms with van der Waals surface area (Å²) in [6, 6.07) is 4.32. The van der Waals surface area contributed by atoms with E-state index in [1.807, 2.05) is 6.92 Å². The molecule has 34 heavy (non-hydrogen) atoms. The van der Waals surface area contributed by atoms with Gasteiger partial charge in [0.2, 0.25) is 5.91 Å². The van der Waals surface area contributed by atoms with E-state index in [2.05, 4.69) is 4.99 Å². The van der Waals surface area contributed by atoms with Crippen molar-refractivity contribution in [2.24, 2.45) is 4.99 Å². The molecule has 0 bridgehead atoms. The maximum Gasteiger partial charge on any atom is 0.270 e. The standard InChI is InChI=1S/C21H28N4O7S2/c1-3-15-6-4-5-9-23(15)20(27)14-34(30,31)13-19(26)22-21-24(10-11-32-2)17-8-7-16(25(28)29)12-18(17)33-21/h7-8,12,15H,3-6,9-11,13-14H2,1-2H3. The molecule has 11 nitrogen and oxygen atoms in total. The first kappa shape index (κ1) is 26.0. The van der Waals surface area contributed by atoms with Gasteiger partial charge in [0.15, 0.2) is 14.6 Å². The van der Waals surface area contributed by atoms with Crippen molar-refractivity contribution < 1.29 is 27.7 Å². The fourth-order valence-corrected chi connectivity index (χ4v) is 6.25. The molecule has 1 aliphatic rings. The smallest absolute Gasteiger partial charge is 0.270 e. The van der Waals surface area contributed by atoms with E-state index in [-0.39, 0.29) is 16.5 Å². The Labute approximate surface area is 201 Å². The molecule has 1 saturated heterocycles. The molecule has 2 aromatic rings. The van der Waals surface area contributed by atoms with Crippen molar-refractivity contribution in [3.8, 4) is 0 Å². The van der Waals surface area contributed by atoms with Gasteiger partial charge in [-0.3, -0.25) is 19.7 Å². The van der Waals surface area contributed by atoms with Gasteiger partial charge in [0, 0.05) is 38.4 Å². The lowest BCUT2D eigenvalue weighted by Crippen LogP contribution is -2.46. The van der Waals surface area contributed by atoms with Crippen molar-refractivity contribution in [3.05, 3.63) is 33.1 Å². The number of nitro benzene ring substituents is 1. The maximum absolute atomic E-state index is 12.6. The van der Waals surface area contributed by atoms with Crippen LogP contribution in [0.4, 0.5) is 5.69 Å². The number of nitrogens with zero attached hydrogens (tertiary/aromatic N) is 4. The molecule has 0 radical (unpaired) electrons. The largest absolute Gasteiger partial charge is 0.383 e. The first-order chi connectivity index (χ1) is 16.1. The maximum atomic E-state index is 12.6. The summed E-state index contributed by atoms with van der Waals surface area (Å²) in [4.78, 5) is 41.6. The number of methoxy groups -OCH3 is 1. The number of likely N-dealkylation sites (tertiary alicyclic amines) is 1. The van der Waals surface area contributed by atoms with Crippen LogP contribution in [0.25, 0.3) is 10.2 Å². The molecule has 1 atom stereocenters. The van der Waals surface area contributed by atoms with E-state index in [4.69, 9.17) is 4.74 Å². The zero-order chi connectivity index (χ0) is 24.9. The molecule has 2 amide bonds. The summed E-state index contributed by atoms with van der Waals surface area (Å²) >= 11 is 1.05. The van der Waals surface area contributed by atoms with Crippen LogP contribution in [0.2, 0.25) is 0 Å². The summed E-state index contributed by atoms with van der Waals surface area (Å²) in [5, 5.41) is 11.1. The minimum atomic E-state index is -4.01. The molecule has 186 valence electrons. The van der Waals surface area contributed by atoms with E-state index in [9.17, 15) is 28.1 Å². The number of fused-ring (bicyclic) bond motifs is 1. The normalized spacial score (nSPS) is 17.3. The quantitative estimate of drug-likeness (QED) is 0.369. The Morgan fingerprint density at radius 2 is 2.06 bits per heavy atom. The van der Waals surface area contributed by atoms with Gasteiger partial charge in [-0.25, -0.2) is 8.42 Å². The Balaban J connectivity index is 1.82. The van der Waals surface area contributed by atoms with Gasteiger partial charge < -0.3 is 14.2 Å². The number of rotatable bonds is 9. The number of hydrogen-bond acceptors (Lipinski definition) is 8. The molecule has 3 rings (SSSR count). The number of nitro groups is 1. The van der Waals surface area contributed by atoms with Crippen molar-refractivity contribution in [2.75, 3.05) is 31.8 Å². The highest BCUT2D eigenvalue weighted by molar-refractivity contribution is 7.92. The average molecular weight is 513 g/mol. The molecule has 1 aromatic carbocycles. The van der Waals surface area contributed by atoms with E-state index in [0.717, 1.165) is 37.0 Å². The van der Waals surface area contributed by atoms with E-state index in [0.29, 0.717) is 29.9 Å². The third kappa shape index (κ3) is 6.27. The Kier molecular flexibility index (Phi) is 8.55. The second kappa shape index (κ2) is 11.2. The average Bonchev–Trinajstić information content (AvgIpc) is 3.12. The number of non-ortho nitro benzene ring substituents is 1. The van der Waals surface area contributed by atoms with Crippen molar-refractivity contribution in [3.63, 3.8) is 0 Å². The lowest BCUT2D eigenvalue weighted by molar-refractivity contribution is -0.384. The second-order valence-electron chi connectivity index (χ2n) is 8.12. The number of aromatic nitrogens is 1. The first-order valence-electron chi connectivity index (χ1n) is 11.0. The van der Waals surface area contributed by atoms with E-state index >= 15 is 0 Å². The summed E-state index contributed by atoms with van der Waals surface area (Å²) in [7, 11) is -2.50. The Morgan fingerprint density at radius 3 is 2.74 bits per heavy atom. The Bertz CT molecular complexity index is 1250. The van der Waals surface area contributed by atoms with E-state index < -0.39 is 38.1 Å². The number of carbonyl (C=O) groups excluding carboxylic acids is 2. The van der Waals surface area contributed by atoms with Crippen LogP contribution in [0, 0.1) is 10.1 Å². The molecule has 1 aromatic heterocycles. The van der Waals surface area contributed by atoms with Crippen LogP contribution in [0.15, 0.2) is 23.2 Å². The minimum absolute atomic E-state index is 0.0270. The van der Waals surface area contributed by atoms with Crippen LogP contribution >= 0.6 is 11.3 Å². The van der Waals surface area contributed by atoms with Gasteiger partial charge in [-0.2, -0.15) is 4.99 Å². The lowest BCUT2D eigenvalue weighted by atomic mass is 10.0. The highest BCUT2D eigenvalue weighted by Crippen LogP contribution is 2.23. The number of hydrogen-bond donors (Lipinski definition) is 0. The molecule has 2 heterocycles. The molecular formula is C21H28N4O7S2. The fourth-order valence-electron chi connectivity index (χ4n) is 4.06. The number of piperidine rings is 1. The summed E-state index contributed by atoms with van der Waals surface area (Å²) in [5.74, 6) is -3.00. The second-order valence-corrected chi connectivity index (χ2v) is 11.2. The third-order valence-electron chi connectivity index (χ3n) is 5.72. The number of thiazole rings is 1. The van der Waals surface area contributed by atoms with Crippen molar-refractivity contribution >= 4 is 48.9 Å². The molecule has 0 saturated carbocycles. The number of benzene rings is 1. The van der Waals surface area contributed by atoms with Gasteiger partial charge in [-0.1, -0.05) is 18.3 Å². The summed E-state index contributed by atoms with van der Waals surface area (Å²) in [6.07, 6.45) is 3.45. The van der Waals surface area contributed by atoms with Gasteiger partial charge >= 0.3 is 0 Å². The van der Waals surface area contributed by atoms with Gasteiger partial charge in [-0.15, -0.1) is 0 Å². The molecule has 0 N–H and O–H groups in total. The Morgan fingerprint density at radius 1 is 1.29 bits per heavy atom. The molecule has 0 spiro atoms. The van der Waals surface area contributed by atoms with Crippen LogP contribution in [0.1, 0.15) is 32.6 Å². The van der Waals surface area contributed by atoms with Crippen LogP contribution < -0.4 is 4.80 Å². The monoisotopic (exact) mass is 512 g/mol. The number of carbonyl (C=O) groups is 2. The van der Waals surface area contributed by atoms with Gasteiger partial charge in [0.05, 0.1) is 21.7 Å². The number of sulfone groups is 1. The molecule has 13 heteroatoms. The molecular weight excluding hydrogens is 484 g/mol. The fraction of sp³-hybridized carbons (Fsp3) is 0.571. The highest BCUT2D eigenvalue weighted by atomic mass is 32.2.